The first-order chi connectivity index (χ1) is 7.78. The van der Waals surface area contributed by atoms with Gasteiger partial charge >= 0.3 is 0 Å². The predicted molar refractivity (Wildman–Crippen MR) is 60.9 cm³/mol. The van der Waals surface area contributed by atoms with Gasteiger partial charge in [-0.2, -0.15) is 5.26 Å². The molecule has 0 aromatic carbocycles. The molecule has 0 fully saturated rings. The van der Waals surface area contributed by atoms with Crippen molar-refractivity contribution in [3.8, 4) is 6.07 Å². The summed E-state index contributed by atoms with van der Waals surface area (Å²) in [5, 5.41) is 12.7. The Morgan fingerprint density at radius 3 is 3.06 bits per heavy atom. The first-order valence-corrected chi connectivity index (χ1v) is 5.48. The fourth-order valence-corrected chi connectivity index (χ4v) is 1.87. The Kier molecular flexibility index (Phi) is 3.08. The van der Waals surface area contributed by atoms with E-state index in [1.54, 1.807) is 23.6 Å². The number of nitrogens with one attached hydrogen (secondary N) is 1. The molecule has 0 aliphatic heterocycles. The van der Waals surface area contributed by atoms with E-state index in [0.29, 0.717) is 18.2 Å². The zero-order valence-corrected chi connectivity index (χ0v) is 9.45. The highest BCUT2D eigenvalue weighted by Crippen LogP contribution is 2.12. The minimum atomic E-state index is 0.354. The zero-order chi connectivity index (χ0) is 11.4. The molecule has 0 radical (unpaired) electrons. The molecule has 0 aliphatic carbocycles. The molecule has 0 saturated carbocycles. The number of hydrogen-bond acceptors (Lipinski definition) is 6. The number of nitriles is 1. The van der Waals surface area contributed by atoms with Gasteiger partial charge in [-0.3, -0.25) is 0 Å². The van der Waals surface area contributed by atoms with Crippen molar-refractivity contribution < 1.29 is 0 Å². The second-order valence-electron chi connectivity index (χ2n) is 3.10. The van der Waals surface area contributed by atoms with Gasteiger partial charge in [-0.15, -0.1) is 11.3 Å². The van der Waals surface area contributed by atoms with Crippen molar-refractivity contribution in [3.63, 3.8) is 0 Å². The van der Waals surface area contributed by atoms with Gasteiger partial charge in [0.15, 0.2) is 0 Å². The molecule has 0 spiro atoms. The Labute approximate surface area is 96.8 Å². The predicted octanol–water partition coefficient (Wildman–Crippen LogP) is 1.73. The molecule has 0 bridgehead atoms. The number of aryl methyl sites for hydroxylation is 1. The fraction of sp³-hybridized carbons (Fsp3) is 0.200. The van der Waals surface area contributed by atoms with Gasteiger partial charge < -0.3 is 5.32 Å². The lowest BCUT2D eigenvalue weighted by Gasteiger charge is -2.01. The smallest absolute Gasteiger partial charge is 0.224 e. The van der Waals surface area contributed by atoms with E-state index < -0.39 is 0 Å². The van der Waals surface area contributed by atoms with Crippen molar-refractivity contribution in [1.82, 2.24) is 15.0 Å². The first-order valence-electron chi connectivity index (χ1n) is 4.66. The third kappa shape index (κ3) is 2.52. The molecule has 2 aromatic heterocycles. The van der Waals surface area contributed by atoms with E-state index >= 15 is 0 Å². The molecule has 0 atom stereocenters. The molecule has 80 valence electrons. The van der Waals surface area contributed by atoms with Crippen molar-refractivity contribution in [2.24, 2.45) is 0 Å². The maximum atomic E-state index is 8.67. The average molecular weight is 231 g/mol. The summed E-state index contributed by atoms with van der Waals surface area (Å²) in [5.41, 5.74) is 0.354. The van der Waals surface area contributed by atoms with Crippen molar-refractivity contribution in [2.75, 3.05) is 5.32 Å². The summed E-state index contributed by atoms with van der Waals surface area (Å²) in [6, 6.07) is 3.53. The molecule has 0 unspecified atom stereocenters. The molecule has 1 N–H and O–H groups in total. The van der Waals surface area contributed by atoms with Crippen LogP contribution in [-0.2, 0) is 6.54 Å². The fourth-order valence-electron chi connectivity index (χ4n) is 1.14. The van der Waals surface area contributed by atoms with Gasteiger partial charge in [0.25, 0.3) is 0 Å². The SMILES string of the molecule is Cc1cnc(CNc2nccc(C#N)n2)s1. The third-order valence-corrected chi connectivity index (χ3v) is 2.75. The summed E-state index contributed by atoms with van der Waals surface area (Å²) in [6.45, 7) is 2.58. The molecule has 2 heterocycles. The second kappa shape index (κ2) is 4.68. The van der Waals surface area contributed by atoms with E-state index in [1.165, 1.54) is 4.88 Å². The van der Waals surface area contributed by atoms with Crippen LogP contribution in [0.2, 0.25) is 0 Å². The lowest BCUT2D eigenvalue weighted by molar-refractivity contribution is 1.03. The van der Waals surface area contributed by atoms with Crippen LogP contribution in [0.25, 0.3) is 0 Å². The summed E-state index contributed by atoms with van der Waals surface area (Å²) in [7, 11) is 0. The molecule has 16 heavy (non-hydrogen) atoms. The van der Waals surface area contributed by atoms with Crippen LogP contribution in [0.1, 0.15) is 15.6 Å². The molecule has 0 amide bonds. The Morgan fingerprint density at radius 2 is 2.38 bits per heavy atom. The standard InChI is InChI=1S/C10H9N5S/c1-7-5-13-9(16-7)6-14-10-12-3-2-8(4-11)15-10/h2-3,5H,6H2,1H3,(H,12,14,15). The lowest BCUT2D eigenvalue weighted by Crippen LogP contribution is -2.03. The summed E-state index contributed by atoms with van der Waals surface area (Å²) >= 11 is 1.62. The highest BCUT2D eigenvalue weighted by Gasteiger charge is 2.01. The molecular formula is C10H9N5S. The van der Waals surface area contributed by atoms with E-state index in [9.17, 15) is 0 Å². The van der Waals surface area contributed by atoms with Crippen LogP contribution in [0.15, 0.2) is 18.5 Å². The molecular weight excluding hydrogens is 222 g/mol. The maximum Gasteiger partial charge on any atom is 0.224 e. The van der Waals surface area contributed by atoms with E-state index in [0.717, 1.165) is 5.01 Å². The quantitative estimate of drug-likeness (QED) is 0.870. The summed E-state index contributed by atoms with van der Waals surface area (Å²) in [4.78, 5) is 13.4. The summed E-state index contributed by atoms with van der Waals surface area (Å²) < 4.78 is 0. The van der Waals surface area contributed by atoms with Crippen LogP contribution in [0, 0.1) is 18.3 Å². The number of aromatic nitrogens is 3. The number of thiazole rings is 1. The van der Waals surface area contributed by atoms with Crippen LogP contribution in [0.4, 0.5) is 5.95 Å². The van der Waals surface area contributed by atoms with Crippen molar-refractivity contribution in [2.45, 2.75) is 13.5 Å². The largest absolute Gasteiger partial charge is 0.348 e. The van der Waals surface area contributed by atoms with Gasteiger partial charge in [0.1, 0.15) is 16.8 Å². The van der Waals surface area contributed by atoms with Crippen LogP contribution in [-0.4, -0.2) is 15.0 Å². The van der Waals surface area contributed by atoms with E-state index in [-0.39, 0.29) is 0 Å². The highest BCUT2D eigenvalue weighted by atomic mass is 32.1. The van der Waals surface area contributed by atoms with Gasteiger partial charge in [0.05, 0.1) is 6.54 Å². The molecule has 6 heteroatoms. The van der Waals surface area contributed by atoms with Crippen LogP contribution in [0.3, 0.4) is 0 Å². The van der Waals surface area contributed by atoms with Gasteiger partial charge in [0, 0.05) is 17.3 Å². The maximum absolute atomic E-state index is 8.67. The third-order valence-electron chi connectivity index (χ3n) is 1.84. The van der Waals surface area contributed by atoms with Crippen molar-refractivity contribution in [1.29, 1.82) is 5.26 Å². The normalized spacial score (nSPS) is 9.75. The molecule has 0 aliphatic rings. The second-order valence-corrected chi connectivity index (χ2v) is 4.41. The lowest BCUT2D eigenvalue weighted by atomic mass is 10.4. The van der Waals surface area contributed by atoms with E-state index in [2.05, 4.69) is 20.3 Å². The first kappa shape index (κ1) is 10.5. The Bertz CT molecular complexity index is 528. The van der Waals surface area contributed by atoms with Crippen molar-refractivity contribution >= 4 is 17.3 Å². The van der Waals surface area contributed by atoms with E-state index in [1.807, 2.05) is 19.2 Å². The molecule has 2 rings (SSSR count). The van der Waals surface area contributed by atoms with Crippen LogP contribution >= 0.6 is 11.3 Å². The molecule has 5 nitrogen and oxygen atoms in total. The minimum absolute atomic E-state index is 0.354. The number of hydrogen-bond donors (Lipinski definition) is 1. The molecule has 0 saturated heterocycles. The number of nitrogens with zero attached hydrogens (tertiary/aromatic N) is 4. The highest BCUT2D eigenvalue weighted by molar-refractivity contribution is 7.11. The number of rotatable bonds is 3. The average Bonchev–Trinajstić information content (AvgIpc) is 2.73. The van der Waals surface area contributed by atoms with E-state index in [4.69, 9.17) is 5.26 Å². The summed E-state index contributed by atoms with van der Waals surface area (Å²) in [5.74, 6) is 0.451. The summed E-state index contributed by atoms with van der Waals surface area (Å²) in [6.07, 6.45) is 3.38. The minimum Gasteiger partial charge on any atom is -0.348 e. The van der Waals surface area contributed by atoms with Gasteiger partial charge in [-0.1, -0.05) is 0 Å². The molecule has 2 aromatic rings. The Balaban J connectivity index is 2.02. The van der Waals surface area contributed by atoms with Crippen molar-refractivity contribution in [3.05, 3.63) is 34.0 Å². The van der Waals surface area contributed by atoms with Crippen LogP contribution in [0.5, 0.6) is 0 Å². The monoisotopic (exact) mass is 231 g/mol. The van der Waals surface area contributed by atoms with Gasteiger partial charge in [-0.05, 0) is 13.0 Å². The number of anilines is 1. The topological polar surface area (TPSA) is 74.5 Å². The Morgan fingerprint density at radius 1 is 1.50 bits per heavy atom. The zero-order valence-electron chi connectivity index (χ0n) is 8.64. The van der Waals surface area contributed by atoms with Gasteiger partial charge in [-0.25, -0.2) is 15.0 Å². The van der Waals surface area contributed by atoms with Gasteiger partial charge in [0.2, 0.25) is 5.95 Å². The Hall–Kier alpha value is -2.00. The van der Waals surface area contributed by atoms with Crippen LogP contribution < -0.4 is 5.32 Å².